The van der Waals surface area contributed by atoms with E-state index < -0.39 is 17.2 Å². The van der Waals surface area contributed by atoms with Gasteiger partial charge in [-0.3, -0.25) is 9.69 Å². The van der Waals surface area contributed by atoms with Crippen molar-refractivity contribution < 1.29 is 22.7 Å². The van der Waals surface area contributed by atoms with Crippen molar-refractivity contribution in [3.63, 3.8) is 0 Å². The number of nitrogens with one attached hydrogen (secondary N) is 1. The second-order valence-electron chi connectivity index (χ2n) is 8.78. The van der Waals surface area contributed by atoms with E-state index in [9.17, 15) is 18.0 Å². The number of nitrogens with zero attached hydrogens (tertiary/aromatic N) is 1. The Morgan fingerprint density at radius 3 is 2.56 bits per heavy atom. The minimum atomic E-state index is -4.43. The summed E-state index contributed by atoms with van der Waals surface area (Å²) in [6.07, 6.45) is -1.65. The van der Waals surface area contributed by atoms with Crippen molar-refractivity contribution in [2.45, 2.75) is 43.8 Å². The quantitative estimate of drug-likeness (QED) is 0.662. The van der Waals surface area contributed by atoms with Crippen LogP contribution >= 0.6 is 11.3 Å². The van der Waals surface area contributed by atoms with E-state index in [1.807, 2.05) is 0 Å². The van der Waals surface area contributed by atoms with Gasteiger partial charge in [-0.2, -0.15) is 13.2 Å². The average molecular weight is 467 g/mol. The largest absolute Gasteiger partial charge is 0.416 e. The van der Waals surface area contributed by atoms with Gasteiger partial charge >= 0.3 is 6.18 Å². The van der Waals surface area contributed by atoms with Gasteiger partial charge in [-0.15, -0.1) is 11.3 Å². The Hall–Kier alpha value is -1.90. The van der Waals surface area contributed by atoms with E-state index in [4.69, 9.17) is 4.74 Å². The molecule has 0 atom stereocenters. The number of likely N-dealkylation sites (tertiary alicyclic amines) is 1. The van der Waals surface area contributed by atoms with Crippen molar-refractivity contribution in [3.8, 4) is 0 Å². The van der Waals surface area contributed by atoms with Crippen molar-refractivity contribution >= 4 is 17.2 Å². The summed E-state index contributed by atoms with van der Waals surface area (Å²) in [7, 11) is 0. The monoisotopic (exact) mass is 466 g/mol. The molecule has 8 heteroatoms. The fourth-order valence-corrected chi connectivity index (χ4v) is 5.48. The number of ether oxygens (including phenoxy) is 1. The van der Waals surface area contributed by atoms with Crippen molar-refractivity contribution in [1.29, 1.82) is 0 Å². The molecular weight excluding hydrogens is 437 g/mol. The van der Waals surface area contributed by atoms with Crippen LogP contribution in [0.4, 0.5) is 13.2 Å². The molecule has 2 fully saturated rings. The average Bonchev–Trinajstić information content (AvgIpc) is 3.31. The van der Waals surface area contributed by atoms with E-state index >= 15 is 0 Å². The lowest BCUT2D eigenvalue weighted by molar-refractivity contribution is -0.138. The summed E-state index contributed by atoms with van der Waals surface area (Å²) >= 11 is 1.77. The molecule has 3 heterocycles. The number of thiophene rings is 1. The van der Waals surface area contributed by atoms with Gasteiger partial charge in [0.15, 0.2) is 0 Å². The molecule has 1 aromatic carbocycles. The zero-order valence-corrected chi connectivity index (χ0v) is 18.8. The zero-order valence-electron chi connectivity index (χ0n) is 18.0. The molecule has 2 aliphatic rings. The predicted octanol–water partition coefficient (Wildman–Crippen LogP) is 4.84. The van der Waals surface area contributed by atoms with Gasteiger partial charge in [-0.25, -0.2) is 0 Å². The van der Waals surface area contributed by atoms with Crippen LogP contribution in [0.25, 0.3) is 0 Å². The molecule has 0 unspecified atom stereocenters. The first-order valence-corrected chi connectivity index (χ1v) is 12.0. The van der Waals surface area contributed by atoms with Gasteiger partial charge in [0.05, 0.1) is 11.0 Å². The molecule has 32 heavy (non-hydrogen) atoms. The van der Waals surface area contributed by atoms with E-state index in [0.717, 1.165) is 44.6 Å². The molecule has 1 N–H and O–H groups in total. The first-order valence-electron chi connectivity index (χ1n) is 11.2. The molecule has 0 spiro atoms. The summed E-state index contributed by atoms with van der Waals surface area (Å²) in [6.45, 7) is 4.24. The number of hydrogen-bond donors (Lipinski definition) is 1. The molecule has 0 radical (unpaired) electrons. The van der Waals surface area contributed by atoms with E-state index in [-0.39, 0.29) is 5.91 Å². The number of amides is 1. The van der Waals surface area contributed by atoms with Gasteiger partial charge in [-0.05, 0) is 67.8 Å². The van der Waals surface area contributed by atoms with Crippen LogP contribution in [0.2, 0.25) is 0 Å². The Kier molecular flexibility index (Phi) is 7.22. The molecule has 2 aliphatic heterocycles. The Balaban J connectivity index is 1.38. The molecule has 4 nitrogen and oxygen atoms in total. The maximum absolute atomic E-state index is 13.3. The highest BCUT2D eigenvalue weighted by Crippen LogP contribution is 2.38. The van der Waals surface area contributed by atoms with E-state index in [2.05, 4.69) is 27.7 Å². The number of alkyl halides is 3. The first-order chi connectivity index (χ1) is 15.4. The SMILES string of the molecule is O=C(NCC1CCN(Cc2cccs2)CC1)C1(c2cccc(C(F)(F)F)c2)CCOCC1. The highest BCUT2D eigenvalue weighted by Gasteiger charge is 2.43. The van der Waals surface area contributed by atoms with E-state index in [1.165, 1.54) is 10.9 Å². The Labute approximate surface area is 190 Å². The Bertz CT molecular complexity index is 887. The minimum absolute atomic E-state index is 0.180. The molecule has 0 saturated carbocycles. The summed E-state index contributed by atoms with van der Waals surface area (Å²) in [5, 5.41) is 5.18. The molecule has 2 saturated heterocycles. The van der Waals surface area contributed by atoms with Crippen molar-refractivity contribution in [1.82, 2.24) is 10.2 Å². The normalized spacial score (nSPS) is 20.2. The summed E-state index contributed by atoms with van der Waals surface area (Å²) in [4.78, 5) is 17.1. The second-order valence-corrected chi connectivity index (χ2v) is 9.81. The van der Waals surface area contributed by atoms with Crippen molar-refractivity contribution in [2.75, 3.05) is 32.8 Å². The summed E-state index contributed by atoms with van der Waals surface area (Å²) < 4.78 is 45.3. The summed E-state index contributed by atoms with van der Waals surface area (Å²) in [5.41, 5.74) is -1.26. The lowest BCUT2D eigenvalue weighted by Gasteiger charge is -2.37. The molecule has 0 aliphatic carbocycles. The van der Waals surface area contributed by atoms with Gasteiger partial charge in [0.1, 0.15) is 0 Å². The van der Waals surface area contributed by atoms with Crippen LogP contribution in [0, 0.1) is 5.92 Å². The van der Waals surface area contributed by atoms with Crippen LogP contribution in [0.1, 0.15) is 41.7 Å². The smallest absolute Gasteiger partial charge is 0.381 e. The molecule has 174 valence electrons. The van der Waals surface area contributed by atoms with Gasteiger partial charge in [0, 0.05) is 31.2 Å². The first kappa shape index (κ1) is 23.3. The maximum atomic E-state index is 13.3. The third kappa shape index (κ3) is 5.35. The molecule has 4 rings (SSSR count). The van der Waals surface area contributed by atoms with Crippen LogP contribution in [0.15, 0.2) is 41.8 Å². The fraction of sp³-hybridized carbons (Fsp3) is 0.542. The number of benzene rings is 1. The third-order valence-electron chi connectivity index (χ3n) is 6.74. The highest BCUT2D eigenvalue weighted by molar-refractivity contribution is 7.09. The van der Waals surface area contributed by atoms with Crippen LogP contribution in [-0.4, -0.2) is 43.7 Å². The lowest BCUT2D eigenvalue weighted by atomic mass is 9.73. The minimum Gasteiger partial charge on any atom is -0.381 e. The molecular formula is C24H29F3N2O2S. The standard InChI is InChI=1S/C24H29F3N2O2S/c25-24(26,27)20-4-1-3-19(15-20)23(8-12-31-13-9-23)22(30)28-16-18-6-10-29(11-7-18)17-21-5-2-14-32-21/h1-5,14-15,18H,6-13,16-17H2,(H,28,30). The van der Waals surface area contributed by atoms with E-state index in [0.29, 0.717) is 44.1 Å². The zero-order chi connectivity index (χ0) is 22.6. The molecule has 2 aromatic rings. The highest BCUT2D eigenvalue weighted by atomic mass is 32.1. The van der Waals surface area contributed by atoms with Crippen LogP contribution in [-0.2, 0) is 27.7 Å². The molecule has 1 amide bonds. The number of hydrogen-bond acceptors (Lipinski definition) is 4. The number of halogens is 3. The number of carbonyl (C=O) groups excluding carboxylic acids is 1. The summed E-state index contributed by atoms with van der Waals surface area (Å²) in [6, 6.07) is 9.44. The van der Waals surface area contributed by atoms with Gasteiger partial charge in [0.2, 0.25) is 5.91 Å². The number of carbonyl (C=O) groups is 1. The molecule has 0 bridgehead atoms. The number of rotatable bonds is 6. The number of piperidine rings is 1. The lowest BCUT2D eigenvalue weighted by Crippen LogP contribution is -2.49. The van der Waals surface area contributed by atoms with Crippen molar-refractivity contribution in [2.24, 2.45) is 5.92 Å². The van der Waals surface area contributed by atoms with Gasteiger partial charge < -0.3 is 10.1 Å². The van der Waals surface area contributed by atoms with Crippen LogP contribution < -0.4 is 5.32 Å². The maximum Gasteiger partial charge on any atom is 0.416 e. The van der Waals surface area contributed by atoms with Crippen LogP contribution in [0.3, 0.4) is 0 Å². The van der Waals surface area contributed by atoms with Crippen molar-refractivity contribution in [3.05, 3.63) is 57.8 Å². The molecule has 1 aromatic heterocycles. The summed E-state index contributed by atoms with van der Waals surface area (Å²) in [5.74, 6) is 0.207. The fourth-order valence-electron chi connectivity index (χ4n) is 4.74. The second kappa shape index (κ2) is 9.93. The van der Waals surface area contributed by atoms with Crippen LogP contribution in [0.5, 0.6) is 0 Å². The van der Waals surface area contributed by atoms with E-state index in [1.54, 1.807) is 17.4 Å². The topological polar surface area (TPSA) is 41.6 Å². The van der Waals surface area contributed by atoms with Gasteiger partial charge in [-0.1, -0.05) is 24.3 Å². The Morgan fingerprint density at radius 2 is 1.91 bits per heavy atom. The Morgan fingerprint density at radius 1 is 1.16 bits per heavy atom. The predicted molar refractivity (Wildman–Crippen MR) is 119 cm³/mol. The van der Waals surface area contributed by atoms with Gasteiger partial charge in [0.25, 0.3) is 0 Å². The third-order valence-corrected chi connectivity index (χ3v) is 7.60.